The van der Waals surface area contributed by atoms with Crippen molar-refractivity contribution in [2.24, 2.45) is 14.1 Å². The van der Waals surface area contributed by atoms with Crippen molar-refractivity contribution in [3.63, 3.8) is 0 Å². The first-order chi connectivity index (χ1) is 9.43. The van der Waals surface area contributed by atoms with Gasteiger partial charge in [-0.2, -0.15) is 0 Å². The van der Waals surface area contributed by atoms with Crippen molar-refractivity contribution in [1.29, 1.82) is 0 Å². The van der Waals surface area contributed by atoms with E-state index in [1.165, 1.54) is 11.6 Å². The van der Waals surface area contributed by atoms with Crippen molar-refractivity contribution >= 4 is 11.2 Å². The second-order valence-electron chi connectivity index (χ2n) is 4.87. The molecule has 0 aliphatic rings. The second kappa shape index (κ2) is 5.59. The number of hydrogen-bond donors (Lipinski definition) is 2. The van der Waals surface area contributed by atoms with Crippen LogP contribution in [0, 0.1) is 0 Å². The smallest absolute Gasteiger partial charge is 0.332 e. The van der Waals surface area contributed by atoms with Gasteiger partial charge in [0, 0.05) is 33.7 Å². The summed E-state index contributed by atoms with van der Waals surface area (Å²) in [6.07, 6.45) is 1.14. The number of aromatic nitrogens is 4. The molecule has 0 aliphatic carbocycles. The van der Waals surface area contributed by atoms with Crippen LogP contribution in [-0.4, -0.2) is 43.0 Å². The molecule has 2 aromatic heterocycles. The predicted molar refractivity (Wildman–Crippen MR) is 74.8 cm³/mol. The number of fused-ring (bicyclic) bond motifs is 1. The molecule has 2 aromatic rings. The third-order valence-electron chi connectivity index (χ3n) is 3.19. The monoisotopic (exact) mass is 281 g/mol. The highest BCUT2D eigenvalue weighted by atomic mass is 16.3. The van der Waals surface area contributed by atoms with Gasteiger partial charge in [-0.3, -0.25) is 13.9 Å². The van der Waals surface area contributed by atoms with Crippen LogP contribution in [-0.2, 0) is 20.6 Å². The largest absolute Gasteiger partial charge is 0.392 e. The summed E-state index contributed by atoms with van der Waals surface area (Å²) < 4.78 is 4.15. The van der Waals surface area contributed by atoms with Crippen molar-refractivity contribution in [2.45, 2.75) is 19.6 Å². The normalized spacial score (nSPS) is 13.0. The summed E-state index contributed by atoms with van der Waals surface area (Å²) in [5, 5.41) is 12.2. The van der Waals surface area contributed by atoms with Crippen LogP contribution >= 0.6 is 0 Å². The Balaban J connectivity index is 2.33. The molecule has 20 heavy (non-hydrogen) atoms. The van der Waals surface area contributed by atoms with E-state index >= 15 is 0 Å². The molecule has 0 bridgehead atoms. The lowest BCUT2D eigenvalue weighted by molar-refractivity contribution is 0.191. The first-order valence-electron chi connectivity index (χ1n) is 6.43. The van der Waals surface area contributed by atoms with Crippen LogP contribution in [0.1, 0.15) is 6.92 Å². The van der Waals surface area contributed by atoms with Crippen LogP contribution in [0.4, 0.5) is 0 Å². The summed E-state index contributed by atoms with van der Waals surface area (Å²) in [4.78, 5) is 28.1. The molecule has 2 heterocycles. The number of aliphatic hydroxyl groups is 1. The maximum absolute atomic E-state index is 12.2. The quantitative estimate of drug-likeness (QED) is 0.644. The molecule has 1 unspecified atom stereocenters. The molecule has 8 heteroatoms. The predicted octanol–water partition coefficient (Wildman–Crippen LogP) is -1.60. The van der Waals surface area contributed by atoms with Gasteiger partial charge in [0.05, 0.1) is 12.4 Å². The summed E-state index contributed by atoms with van der Waals surface area (Å²) in [5.41, 5.74) is 0.0539. The fraction of sp³-hybridized carbons (Fsp3) is 0.583. The van der Waals surface area contributed by atoms with Gasteiger partial charge in [-0.15, -0.1) is 0 Å². The number of nitrogens with one attached hydrogen (secondary N) is 1. The van der Waals surface area contributed by atoms with Crippen molar-refractivity contribution < 1.29 is 5.11 Å². The van der Waals surface area contributed by atoms with Crippen molar-refractivity contribution in [3.8, 4) is 0 Å². The van der Waals surface area contributed by atoms with E-state index in [0.29, 0.717) is 30.8 Å². The SMILES string of the molecule is CC(O)CNCCn1cnc2c1c(=O)n(C)c(=O)n2C. The van der Waals surface area contributed by atoms with Gasteiger partial charge in [-0.1, -0.05) is 0 Å². The molecule has 0 fully saturated rings. The molecule has 0 saturated heterocycles. The zero-order valence-electron chi connectivity index (χ0n) is 11.8. The molecule has 0 aliphatic heterocycles. The van der Waals surface area contributed by atoms with E-state index < -0.39 is 6.10 Å². The molecule has 2 rings (SSSR count). The lowest BCUT2D eigenvalue weighted by atomic mass is 10.4. The fourth-order valence-electron chi connectivity index (χ4n) is 2.08. The maximum Gasteiger partial charge on any atom is 0.332 e. The molecule has 0 radical (unpaired) electrons. The van der Waals surface area contributed by atoms with Gasteiger partial charge >= 0.3 is 5.69 Å². The molecule has 0 amide bonds. The Bertz CT molecular complexity index is 725. The zero-order chi connectivity index (χ0) is 14.9. The van der Waals surface area contributed by atoms with Crippen molar-refractivity contribution in [3.05, 3.63) is 27.2 Å². The average Bonchev–Trinajstić information content (AvgIpc) is 2.82. The van der Waals surface area contributed by atoms with Gasteiger partial charge in [-0.05, 0) is 6.92 Å². The lowest BCUT2D eigenvalue weighted by Crippen LogP contribution is -2.37. The lowest BCUT2D eigenvalue weighted by Gasteiger charge is -2.08. The Kier molecular flexibility index (Phi) is 4.05. The first kappa shape index (κ1) is 14.5. The average molecular weight is 281 g/mol. The third-order valence-corrected chi connectivity index (χ3v) is 3.19. The molecule has 110 valence electrons. The molecule has 0 aromatic carbocycles. The Morgan fingerprint density at radius 1 is 1.35 bits per heavy atom. The van der Waals surface area contributed by atoms with Crippen LogP contribution < -0.4 is 16.6 Å². The van der Waals surface area contributed by atoms with E-state index in [9.17, 15) is 9.59 Å². The van der Waals surface area contributed by atoms with Crippen molar-refractivity contribution in [1.82, 2.24) is 24.0 Å². The highest BCUT2D eigenvalue weighted by Crippen LogP contribution is 2.04. The molecule has 0 saturated carbocycles. The summed E-state index contributed by atoms with van der Waals surface area (Å²) >= 11 is 0. The van der Waals surface area contributed by atoms with Gasteiger partial charge in [0.25, 0.3) is 5.56 Å². The molecular formula is C12H19N5O3. The van der Waals surface area contributed by atoms with Crippen LogP contribution in [0.3, 0.4) is 0 Å². The number of rotatable bonds is 5. The summed E-state index contributed by atoms with van der Waals surface area (Å²) in [6.45, 7) is 3.33. The summed E-state index contributed by atoms with van der Waals surface area (Å²) in [7, 11) is 3.04. The zero-order valence-corrected chi connectivity index (χ0v) is 11.8. The van der Waals surface area contributed by atoms with Crippen molar-refractivity contribution in [2.75, 3.05) is 13.1 Å². The van der Waals surface area contributed by atoms with Crippen LogP contribution in [0.2, 0.25) is 0 Å². The summed E-state index contributed by atoms with van der Waals surface area (Å²) in [6, 6.07) is 0. The molecule has 2 N–H and O–H groups in total. The van der Waals surface area contributed by atoms with E-state index in [-0.39, 0.29) is 11.2 Å². The minimum atomic E-state index is -0.414. The number of hydrogen-bond acceptors (Lipinski definition) is 5. The van der Waals surface area contributed by atoms with E-state index in [1.807, 2.05) is 0 Å². The maximum atomic E-state index is 12.2. The van der Waals surface area contributed by atoms with E-state index in [4.69, 9.17) is 5.11 Å². The van der Waals surface area contributed by atoms with Gasteiger partial charge < -0.3 is 15.0 Å². The number of nitrogens with zero attached hydrogens (tertiary/aromatic N) is 4. The van der Waals surface area contributed by atoms with Gasteiger partial charge in [0.15, 0.2) is 11.2 Å². The number of aryl methyl sites for hydroxylation is 1. The standard InChI is InChI=1S/C12H19N5O3/c1-8(18)6-13-4-5-17-7-14-10-9(17)11(19)16(3)12(20)15(10)2/h7-8,13,18H,4-6H2,1-3H3. The second-order valence-corrected chi connectivity index (χ2v) is 4.87. The fourth-order valence-corrected chi connectivity index (χ4v) is 2.08. The minimum Gasteiger partial charge on any atom is -0.392 e. The highest BCUT2D eigenvalue weighted by molar-refractivity contribution is 5.69. The van der Waals surface area contributed by atoms with Crippen LogP contribution in [0.25, 0.3) is 11.2 Å². The molecular weight excluding hydrogens is 262 g/mol. The van der Waals surface area contributed by atoms with E-state index in [0.717, 1.165) is 4.57 Å². The Morgan fingerprint density at radius 2 is 2.05 bits per heavy atom. The Morgan fingerprint density at radius 3 is 2.70 bits per heavy atom. The highest BCUT2D eigenvalue weighted by Gasteiger charge is 2.13. The van der Waals surface area contributed by atoms with Gasteiger partial charge in [0.1, 0.15) is 0 Å². The topological polar surface area (TPSA) is 94.1 Å². The van der Waals surface area contributed by atoms with Crippen LogP contribution in [0.15, 0.2) is 15.9 Å². The van der Waals surface area contributed by atoms with E-state index in [1.54, 1.807) is 24.9 Å². The summed E-state index contributed by atoms with van der Waals surface area (Å²) in [5.74, 6) is 0. The first-order valence-corrected chi connectivity index (χ1v) is 6.43. The number of imidazole rings is 1. The molecule has 8 nitrogen and oxygen atoms in total. The van der Waals surface area contributed by atoms with E-state index in [2.05, 4.69) is 10.3 Å². The molecule has 0 spiro atoms. The Hall–Kier alpha value is -1.93. The minimum absolute atomic E-state index is 0.351. The number of aliphatic hydroxyl groups excluding tert-OH is 1. The van der Waals surface area contributed by atoms with Gasteiger partial charge in [-0.25, -0.2) is 9.78 Å². The Labute approximate surface area is 115 Å². The molecule has 1 atom stereocenters. The van der Waals surface area contributed by atoms with Gasteiger partial charge in [0.2, 0.25) is 0 Å². The van der Waals surface area contributed by atoms with Crippen LogP contribution in [0.5, 0.6) is 0 Å². The third kappa shape index (κ3) is 2.52.